The Bertz CT molecular complexity index is 245. The molecule has 0 spiro atoms. The van der Waals surface area contributed by atoms with Crippen molar-refractivity contribution in [1.82, 2.24) is 4.90 Å². The third-order valence-corrected chi connectivity index (χ3v) is 3.65. The van der Waals surface area contributed by atoms with E-state index in [1.54, 1.807) is 6.92 Å². The van der Waals surface area contributed by atoms with Crippen molar-refractivity contribution in [3.8, 4) is 0 Å². The molecule has 0 aromatic rings. The normalized spacial score (nSPS) is 25.6. The minimum atomic E-state index is -0.725. The van der Waals surface area contributed by atoms with E-state index < -0.39 is 5.97 Å². The molecular formula is C12H21NO3. The van der Waals surface area contributed by atoms with Gasteiger partial charge in [-0.15, -0.1) is 0 Å². The lowest BCUT2D eigenvalue weighted by Gasteiger charge is -2.34. The molecule has 1 atom stereocenters. The Morgan fingerprint density at radius 2 is 2.00 bits per heavy atom. The SMILES string of the molecule is CC(C(=O)O)N1CCC(OCC2CC2)CC1. The maximum Gasteiger partial charge on any atom is 0.320 e. The smallest absolute Gasteiger partial charge is 0.320 e. The second-order valence-corrected chi connectivity index (χ2v) is 5.03. The summed E-state index contributed by atoms with van der Waals surface area (Å²) in [5.74, 6) is 0.0910. The van der Waals surface area contributed by atoms with Crippen LogP contribution < -0.4 is 0 Å². The molecule has 2 rings (SSSR count). The summed E-state index contributed by atoms with van der Waals surface area (Å²) < 4.78 is 5.82. The quantitative estimate of drug-likeness (QED) is 0.770. The number of hydrogen-bond acceptors (Lipinski definition) is 3. The number of carbonyl (C=O) groups is 1. The van der Waals surface area contributed by atoms with Gasteiger partial charge in [0.2, 0.25) is 0 Å². The molecule has 92 valence electrons. The lowest BCUT2D eigenvalue weighted by Crippen LogP contribution is -2.45. The van der Waals surface area contributed by atoms with Gasteiger partial charge in [0.05, 0.1) is 6.10 Å². The standard InChI is InChI=1S/C12H21NO3/c1-9(12(14)15)13-6-4-11(5-7-13)16-8-10-2-3-10/h9-11H,2-8H2,1H3,(H,14,15). The fourth-order valence-electron chi connectivity index (χ4n) is 2.14. The zero-order chi connectivity index (χ0) is 11.5. The number of aliphatic carboxylic acids is 1. The van der Waals surface area contributed by atoms with Crippen LogP contribution >= 0.6 is 0 Å². The van der Waals surface area contributed by atoms with Gasteiger partial charge in [0.1, 0.15) is 6.04 Å². The van der Waals surface area contributed by atoms with Crippen molar-refractivity contribution < 1.29 is 14.6 Å². The number of piperidine rings is 1. The number of likely N-dealkylation sites (tertiary alicyclic amines) is 1. The van der Waals surface area contributed by atoms with E-state index in [-0.39, 0.29) is 6.04 Å². The van der Waals surface area contributed by atoms with Crippen LogP contribution in [0.4, 0.5) is 0 Å². The maximum absolute atomic E-state index is 10.8. The van der Waals surface area contributed by atoms with Gasteiger partial charge in [0.15, 0.2) is 0 Å². The minimum absolute atomic E-state index is 0.357. The Labute approximate surface area is 96.6 Å². The summed E-state index contributed by atoms with van der Waals surface area (Å²) in [5.41, 5.74) is 0. The fraction of sp³-hybridized carbons (Fsp3) is 0.917. The summed E-state index contributed by atoms with van der Waals surface area (Å²) in [7, 11) is 0. The van der Waals surface area contributed by atoms with E-state index in [1.807, 2.05) is 4.90 Å². The first-order valence-corrected chi connectivity index (χ1v) is 6.25. The second kappa shape index (κ2) is 5.15. The lowest BCUT2D eigenvalue weighted by molar-refractivity contribution is -0.143. The molecule has 1 aliphatic heterocycles. The number of hydrogen-bond donors (Lipinski definition) is 1. The lowest BCUT2D eigenvalue weighted by atomic mass is 10.1. The van der Waals surface area contributed by atoms with Crippen molar-refractivity contribution in [1.29, 1.82) is 0 Å². The van der Waals surface area contributed by atoms with E-state index in [0.29, 0.717) is 6.10 Å². The maximum atomic E-state index is 10.8. The third kappa shape index (κ3) is 3.19. The first-order chi connectivity index (χ1) is 7.66. The fourth-order valence-corrected chi connectivity index (χ4v) is 2.14. The molecule has 1 saturated carbocycles. The van der Waals surface area contributed by atoms with Crippen LogP contribution in [0.1, 0.15) is 32.6 Å². The van der Waals surface area contributed by atoms with Crippen molar-refractivity contribution in [2.45, 2.75) is 44.8 Å². The van der Waals surface area contributed by atoms with E-state index in [4.69, 9.17) is 9.84 Å². The van der Waals surface area contributed by atoms with Crippen LogP contribution in [0.25, 0.3) is 0 Å². The number of rotatable bonds is 5. The molecule has 1 saturated heterocycles. The average molecular weight is 227 g/mol. The summed E-state index contributed by atoms with van der Waals surface area (Å²) in [6.07, 6.45) is 4.97. The number of ether oxygens (including phenoxy) is 1. The highest BCUT2D eigenvalue weighted by atomic mass is 16.5. The van der Waals surface area contributed by atoms with E-state index in [0.717, 1.165) is 38.5 Å². The molecule has 4 heteroatoms. The van der Waals surface area contributed by atoms with Crippen molar-refractivity contribution in [2.24, 2.45) is 5.92 Å². The molecule has 0 bridgehead atoms. The van der Waals surface area contributed by atoms with E-state index in [9.17, 15) is 4.79 Å². The molecule has 0 amide bonds. The molecule has 16 heavy (non-hydrogen) atoms. The second-order valence-electron chi connectivity index (χ2n) is 5.03. The zero-order valence-electron chi connectivity index (χ0n) is 9.89. The molecule has 2 fully saturated rings. The van der Waals surface area contributed by atoms with Gasteiger partial charge in [-0.2, -0.15) is 0 Å². The zero-order valence-corrected chi connectivity index (χ0v) is 9.89. The molecule has 1 heterocycles. The minimum Gasteiger partial charge on any atom is -0.480 e. The van der Waals surface area contributed by atoms with Crippen molar-refractivity contribution in [2.75, 3.05) is 19.7 Å². The molecule has 0 aromatic carbocycles. The Kier molecular flexibility index (Phi) is 3.82. The van der Waals surface area contributed by atoms with Crippen molar-refractivity contribution in [3.05, 3.63) is 0 Å². The van der Waals surface area contributed by atoms with Crippen LogP contribution in [0.2, 0.25) is 0 Å². The van der Waals surface area contributed by atoms with E-state index >= 15 is 0 Å². The number of carboxylic acids is 1. The molecule has 4 nitrogen and oxygen atoms in total. The van der Waals surface area contributed by atoms with Crippen LogP contribution in [-0.4, -0.2) is 47.8 Å². The molecule has 0 radical (unpaired) electrons. The predicted octanol–water partition coefficient (Wildman–Crippen LogP) is 1.35. The summed E-state index contributed by atoms with van der Waals surface area (Å²) >= 11 is 0. The Balaban J connectivity index is 1.66. The molecular weight excluding hydrogens is 206 g/mol. The van der Waals surface area contributed by atoms with Gasteiger partial charge >= 0.3 is 5.97 Å². The van der Waals surface area contributed by atoms with Gasteiger partial charge < -0.3 is 9.84 Å². The van der Waals surface area contributed by atoms with Crippen molar-refractivity contribution in [3.63, 3.8) is 0 Å². The highest BCUT2D eigenvalue weighted by Crippen LogP contribution is 2.30. The topological polar surface area (TPSA) is 49.8 Å². The molecule has 1 N–H and O–H groups in total. The largest absolute Gasteiger partial charge is 0.480 e. The first kappa shape index (κ1) is 11.9. The van der Waals surface area contributed by atoms with E-state index in [2.05, 4.69) is 0 Å². The van der Waals surface area contributed by atoms with Gasteiger partial charge in [-0.1, -0.05) is 0 Å². The predicted molar refractivity (Wildman–Crippen MR) is 60.4 cm³/mol. The van der Waals surface area contributed by atoms with Crippen LogP contribution in [0, 0.1) is 5.92 Å². The number of carboxylic acid groups (broad SMARTS) is 1. The highest BCUT2D eigenvalue weighted by Gasteiger charge is 2.28. The van der Waals surface area contributed by atoms with Crippen LogP contribution in [0.15, 0.2) is 0 Å². The van der Waals surface area contributed by atoms with Crippen LogP contribution in [-0.2, 0) is 9.53 Å². The molecule has 2 aliphatic rings. The van der Waals surface area contributed by atoms with Gasteiger partial charge in [-0.25, -0.2) is 0 Å². The summed E-state index contributed by atoms with van der Waals surface area (Å²) in [5, 5.41) is 8.91. The van der Waals surface area contributed by atoms with Gasteiger partial charge in [0, 0.05) is 19.7 Å². The number of nitrogens with zero attached hydrogens (tertiary/aromatic N) is 1. The molecule has 0 aromatic heterocycles. The summed E-state index contributed by atoms with van der Waals surface area (Å²) in [4.78, 5) is 12.9. The molecule has 1 aliphatic carbocycles. The summed E-state index contributed by atoms with van der Waals surface area (Å²) in [6.45, 7) is 4.37. The van der Waals surface area contributed by atoms with Gasteiger partial charge in [0.25, 0.3) is 0 Å². The average Bonchev–Trinajstić information content (AvgIpc) is 3.10. The first-order valence-electron chi connectivity index (χ1n) is 6.25. The summed E-state index contributed by atoms with van der Waals surface area (Å²) in [6, 6.07) is -0.357. The van der Waals surface area contributed by atoms with Crippen LogP contribution in [0.3, 0.4) is 0 Å². The molecule has 1 unspecified atom stereocenters. The van der Waals surface area contributed by atoms with Crippen molar-refractivity contribution >= 4 is 5.97 Å². The Morgan fingerprint density at radius 1 is 1.38 bits per heavy atom. The Morgan fingerprint density at radius 3 is 2.50 bits per heavy atom. The highest BCUT2D eigenvalue weighted by molar-refractivity contribution is 5.72. The third-order valence-electron chi connectivity index (χ3n) is 3.65. The monoisotopic (exact) mass is 227 g/mol. The van der Waals surface area contributed by atoms with Crippen LogP contribution in [0.5, 0.6) is 0 Å². The van der Waals surface area contributed by atoms with Gasteiger partial charge in [-0.05, 0) is 38.5 Å². The van der Waals surface area contributed by atoms with E-state index in [1.165, 1.54) is 12.8 Å². The Hall–Kier alpha value is -0.610. The van der Waals surface area contributed by atoms with Gasteiger partial charge in [-0.3, -0.25) is 9.69 Å².